The van der Waals surface area contributed by atoms with Crippen LogP contribution < -0.4 is 5.30 Å². The molecule has 0 aromatic heterocycles. The van der Waals surface area contributed by atoms with Gasteiger partial charge in [-0.2, -0.15) is 0 Å². The molecule has 0 heterocycles. The van der Waals surface area contributed by atoms with E-state index < -0.39 is 0 Å². The molecule has 0 fully saturated rings. The smallest absolute Gasteiger partial charge is 0.0280 e. The Kier molecular flexibility index (Phi) is 3.92. The van der Waals surface area contributed by atoms with Gasteiger partial charge in [0.05, 0.1) is 0 Å². The van der Waals surface area contributed by atoms with Crippen LogP contribution >= 0.6 is 8.07 Å². The summed E-state index contributed by atoms with van der Waals surface area (Å²) in [5, 5.41) is 1.33. The molecule has 1 rings (SSSR count). The quantitative estimate of drug-likeness (QED) is 0.524. The molecule has 0 saturated carbocycles. The van der Waals surface area contributed by atoms with Crippen molar-refractivity contribution in [2.24, 2.45) is 0 Å². The topological polar surface area (TPSA) is 3.24 Å². The average molecular weight is 191 g/mol. The van der Waals surface area contributed by atoms with Crippen LogP contribution in [0.1, 0.15) is 0 Å². The molecule has 1 unspecified atom stereocenters. The molecule has 1 nitrogen and oxygen atoms in total. The lowest BCUT2D eigenvalue weighted by Crippen LogP contribution is -2.12. The molecule has 0 radical (unpaired) electrons. The molecule has 0 spiro atoms. The normalized spacial score (nSPS) is 12.2. The molecular weight excluding hydrogens is 177 g/mol. The lowest BCUT2D eigenvalue weighted by Gasteiger charge is -2.20. The highest BCUT2D eigenvalue weighted by Gasteiger charge is 2.08. The van der Waals surface area contributed by atoms with Crippen molar-refractivity contribution in [3.8, 4) is 0 Å². The van der Waals surface area contributed by atoms with E-state index in [1.807, 2.05) is 11.9 Å². The van der Waals surface area contributed by atoms with Gasteiger partial charge in [0.15, 0.2) is 0 Å². The highest BCUT2D eigenvalue weighted by molar-refractivity contribution is 7.66. The zero-order chi connectivity index (χ0) is 9.68. The summed E-state index contributed by atoms with van der Waals surface area (Å²) in [6, 6.07) is 10.4. The van der Waals surface area contributed by atoms with E-state index in [1.165, 1.54) is 5.30 Å². The molecule has 0 aliphatic heterocycles. The van der Waals surface area contributed by atoms with E-state index in [1.54, 1.807) is 0 Å². The van der Waals surface area contributed by atoms with Crippen molar-refractivity contribution in [1.29, 1.82) is 0 Å². The lowest BCUT2D eigenvalue weighted by molar-refractivity contribution is 0.689. The Balaban J connectivity index is 2.95. The van der Waals surface area contributed by atoms with E-state index in [0.717, 1.165) is 0 Å². The predicted octanol–water partition coefficient (Wildman–Crippen LogP) is 2.57. The van der Waals surface area contributed by atoms with Crippen LogP contribution in [0.4, 0.5) is 0 Å². The van der Waals surface area contributed by atoms with Crippen molar-refractivity contribution >= 4 is 13.4 Å². The van der Waals surface area contributed by atoms with Crippen LogP contribution in [0, 0.1) is 0 Å². The summed E-state index contributed by atoms with van der Waals surface area (Å²) in [7, 11) is 3.77. The summed E-state index contributed by atoms with van der Waals surface area (Å²) in [5.74, 6) is 2.03. The largest absolute Gasteiger partial charge is 0.281 e. The van der Waals surface area contributed by atoms with Crippen molar-refractivity contribution in [2.75, 3.05) is 14.1 Å². The summed E-state index contributed by atoms with van der Waals surface area (Å²) in [6.07, 6.45) is 0. The van der Waals surface area contributed by atoms with Gasteiger partial charge >= 0.3 is 0 Å². The first-order valence-corrected chi connectivity index (χ1v) is 5.49. The Morgan fingerprint density at radius 1 is 1.31 bits per heavy atom. The van der Waals surface area contributed by atoms with Gasteiger partial charge in [0.1, 0.15) is 0 Å². The van der Waals surface area contributed by atoms with E-state index in [2.05, 4.69) is 55.3 Å². The van der Waals surface area contributed by atoms with E-state index in [9.17, 15) is 0 Å². The van der Waals surface area contributed by atoms with E-state index in [4.69, 9.17) is 0 Å². The van der Waals surface area contributed by atoms with Gasteiger partial charge in [-0.25, -0.2) is 0 Å². The van der Waals surface area contributed by atoms with Gasteiger partial charge in [0.2, 0.25) is 0 Å². The summed E-state index contributed by atoms with van der Waals surface area (Å²) < 4.78 is 2.20. The fraction of sp³-hybridized carbons (Fsp3) is 0.182. The maximum Gasteiger partial charge on any atom is 0.0280 e. The second-order valence-electron chi connectivity index (χ2n) is 2.86. The third kappa shape index (κ3) is 2.82. The van der Waals surface area contributed by atoms with Gasteiger partial charge in [-0.05, 0) is 19.4 Å². The Morgan fingerprint density at radius 2 is 1.92 bits per heavy atom. The summed E-state index contributed by atoms with van der Waals surface area (Å²) >= 11 is 0. The zero-order valence-electron chi connectivity index (χ0n) is 8.07. The Labute approximate surface area is 81.2 Å². The van der Waals surface area contributed by atoms with Crippen LogP contribution in [-0.4, -0.2) is 18.8 Å². The van der Waals surface area contributed by atoms with Gasteiger partial charge in [-0.3, -0.25) is 4.67 Å². The zero-order valence-corrected chi connectivity index (χ0v) is 8.96. The molecule has 0 bridgehead atoms. The number of nitrogens with zero attached hydrogens (tertiary/aromatic N) is 1. The minimum absolute atomic E-state index is 0.380. The van der Waals surface area contributed by atoms with Gasteiger partial charge in [0.25, 0.3) is 0 Å². The van der Waals surface area contributed by atoms with Gasteiger partial charge in [-0.1, -0.05) is 36.9 Å². The Morgan fingerprint density at radius 3 is 2.38 bits per heavy atom. The molecular formula is C11H14NP. The van der Waals surface area contributed by atoms with Crippen LogP contribution in [0.3, 0.4) is 0 Å². The first-order chi connectivity index (χ1) is 6.25. The second kappa shape index (κ2) is 4.99. The number of rotatable bonds is 3. The molecule has 0 amide bonds. The van der Waals surface area contributed by atoms with Crippen molar-refractivity contribution < 1.29 is 0 Å². The van der Waals surface area contributed by atoms with Crippen molar-refractivity contribution in [3.63, 3.8) is 0 Å². The molecule has 0 saturated heterocycles. The van der Waals surface area contributed by atoms with E-state index in [-0.39, 0.29) is 8.07 Å². The molecule has 68 valence electrons. The summed E-state index contributed by atoms with van der Waals surface area (Å²) in [4.78, 5) is 0. The second-order valence-corrected chi connectivity index (χ2v) is 5.12. The Bertz CT molecular complexity index is 299. The molecule has 0 N–H and O–H groups in total. The molecule has 0 aliphatic rings. The minimum atomic E-state index is -0.380. The molecule has 1 aromatic rings. The van der Waals surface area contributed by atoms with Crippen LogP contribution in [0.2, 0.25) is 0 Å². The average Bonchev–Trinajstić information content (AvgIpc) is 2.15. The summed E-state index contributed by atoms with van der Waals surface area (Å²) in [6.45, 7) is 3.62. The van der Waals surface area contributed by atoms with Crippen molar-refractivity contribution in [1.82, 2.24) is 4.67 Å². The molecule has 1 aromatic carbocycles. The molecule has 1 atom stereocenters. The fourth-order valence-electron chi connectivity index (χ4n) is 1.09. The minimum Gasteiger partial charge on any atom is -0.281 e. The highest BCUT2D eigenvalue weighted by atomic mass is 31.1. The first kappa shape index (κ1) is 10.2. The third-order valence-electron chi connectivity index (χ3n) is 1.67. The fourth-order valence-corrected chi connectivity index (χ4v) is 2.58. The van der Waals surface area contributed by atoms with Crippen LogP contribution in [0.15, 0.2) is 48.5 Å². The Hall–Kier alpha value is -0.870. The van der Waals surface area contributed by atoms with Crippen molar-refractivity contribution in [3.05, 3.63) is 48.5 Å². The van der Waals surface area contributed by atoms with Crippen LogP contribution in [0.25, 0.3) is 0 Å². The maximum atomic E-state index is 3.62. The van der Waals surface area contributed by atoms with Crippen LogP contribution in [-0.2, 0) is 0 Å². The third-order valence-corrected chi connectivity index (χ3v) is 3.78. The maximum absolute atomic E-state index is 3.62. The summed E-state index contributed by atoms with van der Waals surface area (Å²) in [5.41, 5.74) is 2.86. The standard InChI is InChI=1S/C11H14NP/c1-4-10-13(12(2)3)11-8-6-5-7-9-11/h5-10H,1H2,2-3H3. The van der Waals surface area contributed by atoms with Crippen molar-refractivity contribution in [2.45, 2.75) is 0 Å². The van der Waals surface area contributed by atoms with Gasteiger partial charge in [-0.15, -0.1) is 5.73 Å². The highest BCUT2D eigenvalue weighted by Crippen LogP contribution is 2.37. The number of benzene rings is 1. The van der Waals surface area contributed by atoms with Gasteiger partial charge < -0.3 is 0 Å². The predicted molar refractivity (Wildman–Crippen MR) is 60.4 cm³/mol. The number of hydrogen-bond acceptors (Lipinski definition) is 1. The lowest BCUT2D eigenvalue weighted by atomic mass is 10.4. The first-order valence-electron chi connectivity index (χ1n) is 4.13. The van der Waals surface area contributed by atoms with E-state index in [0.29, 0.717) is 0 Å². The van der Waals surface area contributed by atoms with Crippen LogP contribution in [0.5, 0.6) is 0 Å². The number of hydrogen-bond donors (Lipinski definition) is 0. The molecule has 2 heteroatoms. The monoisotopic (exact) mass is 191 g/mol. The van der Waals surface area contributed by atoms with E-state index >= 15 is 0 Å². The molecule has 0 aliphatic carbocycles. The SMILES string of the molecule is C=C=CP(c1ccccc1)N(C)C. The molecule has 13 heavy (non-hydrogen) atoms. The van der Waals surface area contributed by atoms with Gasteiger partial charge in [0, 0.05) is 13.9 Å².